The van der Waals surface area contributed by atoms with Gasteiger partial charge in [0.1, 0.15) is 0 Å². The number of aromatic nitrogens is 2. The first kappa shape index (κ1) is 17.1. The van der Waals surface area contributed by atoms with Gasteiger partial charge in [0.05, 0.1) is 19.1 Å². The second kappa shape index (κ2) is 7.93. The molecule has 0 aromatic carbocycles. The lowest BCUT2D eigenvalue weighted by Gasteiger charge is -2.37. The summed E-state index contributed by atoms with van der Waals surface area (Å²) in [7, 11) is 0. The van der Waals surface area contributed by atoms with Crippen molar-refractivity contribution < 1.29 is 9.53 Å². The second-order valence-electron chi connectivity index (χ2n) is 7.02. The molecular formula is C20H24N4O2. The van der Waals surface area contributed by atoms with Crippen molar-refractivity contribution in [3.63, 3.8) is 0 Å². The van der Waals surface area contributed by atoms with E-state index in [0.29, 0.717) is 19.1 Å². The molecule has 2 aromatic rings. The highest BCUT2D eigenvalue weighted by molar-refractivity contribution is 5.78. The van der Waals surface area contributed by atoms with Crippen molar-refractivity contribution in [3.05, 3.63) is 60.2 Å². The number of nitrogens with zero attached hydrogens (tertiary/aromatic N) is 4. The highest BCUT2D eigenvalue weighted by Crippen LogP contribution is 2.25. The fourth-order valence-electron chi connectivity index (χ4n) is 3.81. The Kier molecular flexibility index (Phi) is 5.22. The van der Waals surface area contributed by atoms with Crippen molar-refractivity contribution in [2.75, 3.05) is 26.2 Å². The Morgan fingerprint density at radius 2 is 2.12 bits per heavy atom. The van der Waals surface area contributed by atoms with E-state index < -0.39 is 0 Å². The van der Waals surface area contributed by atoms with Gasteiger partial charge in [0.25, 0.3) is 0 Å². The van der Waals surface area contributed by atoms with Crippen LogP contribution in [0.5, 0.6) is 0 Å². The summed E-state index contributed by atoms with van der Waals surface area (Å²) in [5, 5.41) is 0. The van der Waals surface area contributed by atoms with Gasteiger partial charge in [-0.1, -0.05) is 12.1 Å². The third-order valence-electron chi connectivity index (χ3n) is 5.20. The Labute approximate surface area is 153 Å². The van der Waals surface area contributed by atoms with Crippen LogP contribution in [0.2, 0.25) is 0 Å². The van der Waals surface area contributed by atoms with Crippen LogP contribution >= 0.6 is 0 Å². The average molecular weight is 352 g/mol. The topological polar surface area (TPSA) is 58.6 Å². The molecule has 0 N–H and O–H groups in total. The summed E-state index contributed by atoms with van der Waals surface area (Å²) in [4.78, 5) is 25.4. The predicted molar refractivity (Wildman–Crippen MR) is 97.3 cm³/mol. The third-order valence-corrected chi connectivity index (χ3v) is 5.20. The Morgan fingerprint density at radius 1 is 1.15 bits per heavy atom. The van der Waals surface area contributed by atoms with Crippen molar-refractivity contribution in [1.82, 2.24) is 19.8 Å². The van der Waals surface area contributed by atoms with Crippen molar-refractivity contribution in [3.8, 4) is 0 Å². The number of rotatable bonds is 5. The maximum absolute atomic E-state index is 12.6. The van der Waals surface area contributed by atoms with Gasteiger partial charge in [0, 0.05) is 56.5 Å². The van der Waals surface area contributed by atoms with Crippen LogP contribution in [0.1, 0.15) is 17.7 Å². The molecule has 1 amide bonds. The molecular weight excluding hydrogens is 328 g/mol. The van der Waals surface area contributed by atoms with Gasteiger partial charge < -0.3 is 9.64 Å². The van der Waals surface area contributed by atoms with Gasteiger partial charge in [-0.25, -0.2) is 0 Å². The van der Waals surface area contributed by atoms with Gasteiger partial charge in [-0.15, -0.1) is 0 Å². The van der Waals surface area contributed by atoms with E-state index in [0.717, 1.165) is 43.9 Å². The Balaban J connectivity index is 1.28. The van der Waals surface area contributed by atoms with E-state index in [2.05, 4.69) is 14.9 Å². The number of pyridine rings is 2. The summed E-state index contributed by atoms with van der Waals surface area (Å²) in [5.41, 5.74) is 1.94. The number of hydrogen-bond acceptors (Lipinski definition) is 5. The van der Waals surface area contributed by atoms with E-state index in [-0.39, 0.29) is 12.0 Å². The molecule has 6 nitrogen and oxygen atoms in total. The van der Waals surface area contributed by atoms with Crippen LogP contribution in [0, 0.1) is 0 Å². The van der Waals surface area contributed by atoms with E-state index >= 15 is 0 Å². The molecule has 2 aliphatic rings. The number of carbonyl (C=O) groups is 1. The molecule has 2 aliphatic heterocycles. The number of ether oxygens (including phenoxy) is 1. The van der Waals surface area contributed by atoms with E-state index in [1.807, 2.05) is 41.4 Å². The smallest absolute Gasteiger partial charge is 0.228 e. The van der Waals surface area contributed by atoms with Gasteiger partial charge in [0.15, 0.2) is 0 Å². The van der Waals surface area contributed by atoms with Crippen molar-refractivity contribution in [2.24, 2.45) is 0 Å². The number of hydrogen-bond donors (Lipinski definition) is 0. The van der Waals surface area contributed by atoms with Gasteiger partial charge in [-0.05, 0) is 30.2 Å². The van der Waals surface area contributed by atoms with Gasteiger partial charge in [0.2, 0.25) is 5.91 Å². The van der Waals surface area contributed by atoms with E-state index in [4.69, 9.17) is 4.74 Å². The SMILES string of the molecule is O=C(Cc1ccccn1)N1CCN2C[C@H](OCc3cccnc3)C[C@H]2C1. The highest BCUT2D eigenvalue weighted by atomic mass is 16.5. The van der Waals surface area contributed by atoms with Crippen molar-refractivity contribution >= 4 is 5.91 Å². The maximum Gasteiger partial charge on any atom is 0.228 e. The molecule has 2 atom stereocenters. The zero-order valence-electron chi connectivity index (χ0n) is 14.8. The molecule has 0 saturated carbocycles. The number of fused-ring (bicyclic) bond motifs is 1. The summed E-state index contributed by atoms with van der Waals surface area (Å²) in [6.45, 7) is 4.05. The van der Waals surface area contributed by atoms with Crippen molar-refractivity contribution in [2.45, 2.75) is 31.6 Å². The first-order valence-corrected chi connectivity index (χ1v) is 9.20. The highest BCUT2D eigenvalue weighted by Gasteiger charge is 2.37. The Morgan fingerprint density at radius 3 is 2.92 bits per heavy atom. The normalized spacial score (nSPS) is 23.0. The van der Waals surface area contributed by atoms with Crippen LogP contribution in [-0.2, 0) is 22.6 Å². The van der Waals surface area contributed by atoms with Crippen LogP contribution in [0.25, 0.3) is 0 Å². The quantitative estimate of drug-likeness (QED) is 0.817. The average Bonchev–Trinajstić information content (AvgIpc) is 3.10. The molecule has 4 heterocycles. The lowest BCUT2D eigenvalue weighted by Crippen LogP contribution is -2.52. The molecule has 0 spiro atoms. The van der Waals surface area contributed by atoms with Crippen LogP contribution in [0.4, 0.5) is 0 Å². The molecule has 2 aromatic heterocycles. The fraction of sp³-hybridized carbons (Fsp3) is 0.450. The standard InChI is InChI=1S/C20H24N4O2/c25-20(10-17-5-1-2-7-22-17)24-9-8-23-14-19(11-18(23)13-24)26-15-16-4-3-6-21-12-16/h1-7,12,18-19H,8-11,13-15H2/t18-,19+/m0/s1. The van der Waals surface area contributed by atoms with Crippen LogP contribution < -0.4 is 0 Å². The zero-order valence-corrected chi connectivity index (χ0v) is 14.8. The fourth-order valence-corrected chi connectivity index (χ4v) is 3.81. The summed E-state index contributed by atoms with van der Waals surface area (Å²) in [5.74, 6) is 0.170. The molecule has 136 valence electrons. The first-order valence-electron chi connectivity index (χ1n) is 9.20. The van der Waals surface area contributed by atoms with E-state index in [1.165, 1.54) is 0 Å². The first-order chi connectivity index (χ1) is 12.8. The number of carbonyl (C=O) groups excluding carboxylic acids is 1. The molecule has 2 saturated heterocycles. The third kappa shape index (κ3) is 4.08. The lowest BCUT2D eigenvalue weighted by molar-refractivity contribution is -0.133. The molecule has 0 aliphatic carbocycles. The molecule has 4 rings (SSSR count). The monoisotopic (exact) mass is 352 g/mol. The minimum Gasteiger partial charge on any atom is -0.372 e. The minimum atomic E-state index is 0.170. The summed E-state index contributed by atoms with van der Waals surface area (Å²) in [6.07, 6.45) is 6.95. The second-order valence-corrected chi connectivity index (χ2v) is 7.02. The van der Waals surface area contributed by atoms with Gasteiger partial charge in [-0.3, -0.25) is 19.7 Å². The molecule has 0 bridgehead atoms. The lowest BCUT2D eigenvalue weighted by atomic mass is 10.1. The van der Waals surface area contributed by atoms with Crippen LogP contribution in [-0.4, -0.2) is 64.0 Å². The van der Waals surface area contributed by atoms with Crippen LogP contribution in [0.15, 0.2) is 48.9 Å². The van der Waals surface area contributed by atoms with Crippen molar-refractivity contribution in [1.29, 1.82) is 0 Å². The van der Waals surface area contributed by atoms with E-state index in [9.17, 15) is 4.79 Å². The van der Waals surface area contributed by atoms with Crippen LogP contribution in [0.3, 0.4) is 0 Å². The minimum absolute atomic E-state index is 0.170. The number of amides is 1. The number of piperazine rings is 1. The molecule has 6 heteroatoms. The Bertz CT molecular complexity index is 725. The van der Waals surface area contributed by atoms with E-state index in [1.54, 1.807) is 12.4 Å². The van der Waals surface area contributed by atoms with Gasteiger partial charge in [-0.2, -0.15) is 0 Å². The zero-order chi connectivity index (χ0) is 17.8. The molecule has 0 radical (unpaired) electrons. The largest absolute Gasteiger partial charge is 0.372 e. The summed E-state index contributed by atoms with van der Waals surface area (Å²) < 4.78 is 6.08. The molecule has 26 heavy (non-hydrogen) atoms. The summed E-state index contributed by atoms with van der Waals surface area (Å²) in [6, 6.07) is 10.1. The summed E-state index contributed by atoms with van der Waals surface area (Å²) >= 11 is 0. The molecule has 0 unspecified atom stereocenters. The predicted octanol–water partition coefficient (Wildman–Crippen LogP) is 1.52. The van der Waals surface area contributed by atoms with Gasteiger partial charge >= 0.3 is 0 Å². The Hall–Kier alpha value is -2.31. The molecule has 2 fully saturated rings. The maximum atomic E-state index is 12.6.